The molecule has 0 saturated carbocycles. The molecule has 0 atom stereocenters. The van der Waals surface area contributed by atoms with Gasteiger partial charge in [-0.2, -0.15) is 0 Å². The van der Waals surface area contributed by atoms with Gasteiger partial charge in [-0.15, -0.1) is 10.2 Å². The number of hydrogen-bond donors (Lipinski definition) is 1. The smallest absolute Gasteiger partial charge is 0.313 e. The maximum atomic E-state index is 10.7. The molecule has 0 aliphatic carbocycles. The third kappa shape index (κ3) is 3.16. The maximum absolute atomic E-state index is 10.7. The van der Waals surface area contributed by atoms with Gasteiger partial charge in [0.2, 0.25) is 0 Å². The van der Waals surface area contributed by atoms with E-state index in [1.807, 2.05) is 37.5 Å². The number of pyridine rings is 1. The van der Waals surface area contributed by atoms with Gasteiger partial charge in [-0.3, -0.25) is 14.3 Å². The molecule has 0 bridgehead atoms. The van der Waals surface area contributed by atoms with Gasteiger partial charge in [-0.25, -0.2) is 0 Å². The van der Waals surface area contributed by atoms with Crippen molar-refractivity contribution in [1.82, 2.24) is 19.7 Å². The molecule has 0 amide bonds. The van der Waals surface area contributed by atoms with Gasteiger partial charge in [0, 0.05) is 23.5 Å². The zero-order valence-electron chi connectivity index (χ0n) is 11.6. The van der Waals surface area contributed by atoms with Crippen molar-refractivity contribution < 1.29 is 9.90 Å². The van der Waals surface area contributed by atoms with E-state index in [0.717, 1.165) is 17.1 Å². The second kappa shape index (κ2) is 6.04. The maximum Gasteiger partial charge on any atom is 0.313 e. The van der Waals surface area contributed by atoms with Gasteiger partial charge in [-0.1, -0.05) is 11.8 Å². The molecule has 6 nitrogen and oxygen atoms in total. The molecule has 0 aliphatic rings. The fourth-order valence-electron chi connectivity index (χ4n) is 1.85. The Kier molecular flexibility index (Phi) is 4.39. The third-order valence-electron chi connectivity index (χ3n) is 2.66. The summed E-state index contributed by atoms with van der Waals surface area (Å²) in [5, 5.41) is 17.7. The Morgan fingerprint density at radius 2 is 2.20 bits per heavy atom. The molecule has 2 rings (SSSR count). The summed E-state index contributed by atoms with van der Waals surface area (Å²) in [5.74, 6) is -0.159. The quantitative estimate of drug-likeness (QED) is 0.852. The number of aromatic nitrogens is 4. The molecule has 2 aromatic rings. The first kappa shape index (κ1) is 14.5. The summed E-state index contributed by atoms with van der Waals surface area (Å²) in [6, 6.07) is 3.96. The minimum atomic E-state index is -0.866. The molecule has 2 heterocycles. The van der Waals surface area contributed by atoms with Gasteiger partial charge < -0.3 is 5.11 Å². The van der Waals surface area contributed by atoms with Crippen molar-refractivity contribution in [3.05, 3.63) is 24.0 Å². The summed E-state index contributed by atoms with van der Waals surface area (Å²) in [6.07, 6.45) is 1.73. The highest BCUT2D eigenvalue weighted by Crippen LogP contribution is 2.27. The number of carboxylic acids is 1. The minimum absolute atomic E-state index is 0.0276. The molecular weight excluding hydrogens is 276 g/mol. The second-order valence-corrected chi connectivity index (χ2v) is 5.58. The van der Waals surface area contributed by atoms with Crippen molar-refractivity contribution >= 4 is 17.7 Å². The summed E-state index contributed by atoms with van der Waals surface area (Å²) >= 11 is 1.18. The summed E-state index contributed by atoms with van der Waals surface area (Å²) < 4.78 is 1.95. The van der Waals surface area contributed by atoms with E-state index in [4.69, 9.17) is 5.11 Å². The Bertz CT molecular complexity index is 625. The Morgan fingerprint density at radius 1 is 1.45 bits per heavy atom. The zero-order chi connectivity index (χ0) is 14.7. The Balaban J connectivity index is 2.41. The fourth-order valence-corrected chi connectivity index (χ4v) is 2.64. The normalized spacial score (nSPS) is 11.0. The average molecular weight is 292 g/mol. The van der Waals surface area contributed by atoms with E-state index in [2.05, 4.69) is 15.2 Å². The van der Waals surface area contributed by atoms with Crippen molar-refractivity contribution in [3.63, 3.8) is 0 Å². The lowest BCUT2D eigenvalue weighted by molar-refractivity contribution is -0.133. The number of hydrogen-bond acceptors (Lipinski definition) is 5. The van der Waals surface area contributed by atoms with Gasteiger partial charge in [0.05, 0.1) is 5.75 Å². The zero-order valence-corrected chi connectivity index (χ0v) is 12.4. The molecule has 20 heavy (non-hydrogen) atoms. The molecule has 106 valence electrons. The molecule has 2 aromatic heterocycles. The Labute approximate surface area is 121 Å². The predicted octanol–water partition coefficient (Wildman–Crippen LogP) is 2.41. The lowest BCUT2D eigenvalue weighted by atomic mass is 10.2. The first-order valence-electron chi connectivity index (χ1n) is 6.21. The molecule has 7 heteroatoms. The lowest BCUT2D eigenvalue weighted by Gasteiger charge is -2.13. The number of carbonyl (C=O) groups is 1. The predicted molar refractivity (Wildman–Crippen MR) is 76.7 cm³/mol. The van der Waals surface area contributed by atoms with Crippen LogP contribution in [0.1, 0.15) is 25.6 Å². The molecular formula is C13H16N4O2S. The van der Waals surface area contributed by atoms with E-state index in [0.29, 0.717) is 5.16 Å². The summed E-state index contributed by atoms with van der Waals surface area (Å²) in [6.45, 7) is 5.96. The standard InChI is InChI=1S/C13H16N4O2S/c1-8(2)17-12(10-4-5-14-9(3)6-10)15-16-13(17)20-7-11(18)19/h4-6,8H,7H2,1-3H3,(H,18,19). The van der Waals surface area contributed by atoms with Gasteiger partial charge in [0.25, 0.3) is 0 Å². The van der Waals surface area contributed by atoms with Crippen LogP contribution in [0.5, 0.6) is 0 Å². The van der Waals surface area contributed by atoms with Gasteiger partial charge in [0.15, 0.2) is 11.0 Å². The first-order valence-corrected chi connectivity index (χ1v) is 7.20. The average Bonchev–Trinajstić information content (AvgIpc) is 2.80. The minimum Gasteiger partial charge on any atom is -0.481 e. The first-order chi connectivity index (χ1) is 9.49. The molecule has 0 spiro atoms. The van der Waals surface area contributed by atoms with Crippen molar-refractivity contribution in [2.24, 2.45) is 0 Å². The topological polar surface area (TPSA) is 80.9 Å². The van der Waals surface area contributed by atoms with Crippen LogP contribution in [0.15, 0.2) is 23.5 Å². The number of aryl methyl sites for hydroxylation is 1. The fraction of sp³-hybridized carbons (Fsp3) is 0.385. The number of thioether (sulfide) groups is 1. The van der Waals surface area contributed by atoms with Crippen LogP contribution in [0.2, 0.25) is 0 Å². The SMILES string of the molecule is Cc1cc(-c2nnc(SCC(=O)O)n2C(C)C)ccn1. The Morgan fingerprint density at radius 3 is 2.80 bits per heavy atom. The van der Waals surface area contributed by atoms with E-state index >= 15 is 0 Å². The van der Waals surface area contributed by atoms with E-state index < -0.39 is 5.97 Å². The summed E-state index contributed by atoms with van der Waals surface area (Å²) in [5.41, 5.74) is 1.83. The third-order valence-corrected chi connectivity index (χ3v) is 3.59. The van der Waals surface area contributed by atoms with Gasteiger partial charge in [-0.05, 0) is 32.9 Å². The van der Waals surface area contributed by atoms with Crippen LogP contribution in [0.3, 0.4) is 0 Å². The van der Waals surface area contributed by atoms with Crippen molar-refractivity contribution in [2.75, 3.05) is 5.75 Å². The Hall–Kier alpha value is -1.89. The molecule has 0 saturated heterocycles. The molecule has 1 N–H and O–H groups in total. The van der Waals surface area contributed by atoms with Gasteiger partial charge >= 0.3 is 5.97 Å². The molecule has 0 aromatic carbocycles. The van der Waals surface area contributed by atoms with Crippen molar-refractivity contribution in [2.45, 2.75) is 32.0 Å². The van der Waals surface area contributed by atoms with E-state index in [-0.39, 0.29) is 11.8 Å². The number of nitrogens with zero attached hydrogens (tertiary/aromatic N) is 4. The van der Waals surface area contributed by atoms with E-state index in [1.165, 1.54) is 11.8 Å². The molecule has 0 aliphatic heterocycles. The summed E-state index contributed by atoms with van der Waals surface area (Å²) in [7, 11) is 0. The van der Waals surface area contributed by atoms with E-state index in [9.17, 15) is 4.79 Å². The van der Waals surface area contributed by atoms with Crippen LogP contribution >= 0.6 is 11.8 Å². The summed E-state index contributed by atoms with van der Waals surface area (Å²) in [4.78, 5) is 14.9. The van der Waals surface area contributed by atoms with Crippen LogP contribution in [-0.2, 0) is 4.79 Å². The second-order valence-electron chi connectivity index (χ2n) is 4.64. The lowest BCUT2D eigenvalue weighted by Crippen LogP contribution is -2.07. The number of aliphatic carboxylic acids is 1. The largest absolute Gasteiger partial charge is 0.481 e. The van der Waals surface area contributed by atoms with Crippen LogP contribution in [0, 0.1) is 6.92 Å². The van der Waals surface area contributed by atoms with Crippen LogP contribution in [-0.4, -0.2) is 36.6 Å². The number of carboxylic acid groups (broad SMARTS) is 1. The molecule has 0 unspecified atom stereocenters. The molecule has 0 fully saturated rings. The van der Waals surface area contributed by atoms with Crippen molar-refractivity contribution in [1.29, 1.82) is 0 Å². The monoisotopic (exact) mass is 292 g/mol. The van der Waals surface area contributed by atoms with E-state index in [1.54, 1.807) is 6.20 Å². The highest BCUT2D eigenvalue weighted by molar-refractivity contribution is 7.99. The van der Waals surface area contributed by atoms with Crippen LogP contribution in [0.25, 0.3) is 11.4 Å². The van der Waals surface area contributed by atoms with Crippen LogP contribution < -0.4 is 0 Å². The van der Waals surface area contributed by atoms with Crippen molar-refractivity contribution in [3.8, 4) is 11.4 Å². The van der Waals surface area contributed by atoms with Crippen LogP contribution in [0.4, 0.5) is 0 Å². The highest BCUT2D eigenvalue weighted by Gasteiger charge is 2.17. The number of rotatable bonds is 5. The van der Waals surface area contributed by atoms with Gasteiger partial charge in [0.1, 0.15) is 0 Å². The molecule has 0 radical (unpaired) electrons. The highest BCUT2D eigenvalue weighted by atomic mass is 32.2.